The fourth-order valence-electron chi connectivity index (χ4n) is 4.52. The summed E-state index contributed by atoms with van der Waals surface area (Å²) < 4.78 is 0. The van der Waals surface area contributed by atoms with Crippen molar-refractivity contribution in [1.82, 2.24) is 10.2 Å². The van der Waals surface area contributed by atoms with Gasteiger partial charge >= 0.3 is 5.97 Å². The normalized spacial score (nSPS) is 14.9. The maximum atomic E-state index is 13.4. The molecule has 0 radical (unpaired) electrons. The Kier molecular flexibility index (Phi) is 7.22. The molecule has 2 amide bonds. The number of hydrogen-bond acceptors (Lipinski definition) is 6. The van der Waals surface area contributed by atoms with Crippen LogP contribution in [0.15, 0.2) is 65.7 Å². The molecule has 0 spiro atoms. The highest BCUT2D eigenvalue weighted by molar-refractivity contribution is 6.34. The quantitative estimate of drug-likeness (QED) is 0.335. The van der Waals surface area contributed by atoms with Crippen molar-refractivity contribution < 1.29 is 19.5 Å². The Balaban J connectivity index is 1.31. The van der Waals surface area contributed by atoms with Gasteiger partial charge in [0.25, 0.3) is 11.8 Å². The first kappa shape index (κ1) is 25.6. The largest absolute Gasteiger partial charge is 0.481 e. The zero-order valence-corrected chi connectivity index (χ0v) is 21.5. The van der Waals surface area contributed by atoms with Crippen LogP contribution in [0.5, 0.6) is 0 Å². The number of guanidine groups is 1. The van der Waals surface area contributed by atoms with Gasteiger partial charge in [0, 0.05) is 45.6 Å². The number of rotatable bonds is 7. The number of carbonyl (C=O) groups excluding carboxylic acids is 2. The Bertz CT molecular complexity index is 1440. The molecule has 0 aliphatic carbocycles. The third-order valence-electron chi connectivity index (χ3n) is 6.30. The van der Waals surface area contributed by atoms with E-state index < -0.39 is 12.0 Å². The third-order valence-corrected chi connectivity index (χ3v) is 6.73. The fourth-order valence-corrected chi connectivity index (χ4v) is 5.06. The van der Waals surface area contributed by atoms with Gasteiger partial charge in [-0.25, -0.2) is 0 Å². The Morgan fingerprint density at radius 3 is 2.39 bits per heavy atom. The molecule has 5 rings (SSSR count). The van der Waals surface area contributed by atoms with Gasteiger partial charge in [0.2, 0.25) is 0 Å². The van der Waals surface area contributed by atoms with Crippen LogP contribution in [-0.2, 0) is 11.3 Å². The molecule has 1 unspecified atom stereocenters. The number of carboxylic acid groups (broad SMARTS) is 1. The highest BCUT2D eigenvalue weighted by atomic mass is 35.5. The SMILES string of the molecule is O=C(O)CC(c1cc(Cl)cc(Cl)c1)N1Cc2ccc(NC(=O)c3ccc(NC4=NCCN4)cc3)cc2C1=O. The smallest absolute Gasteiger partial charge is 0.305 e. The zero-order valence-electron chi connectivity index (χ0n) is 20.0. The first-order valence-corrected chi connectivity index (χ1v) is 12.6. The van der Waals surface area contributed by atoms with Crippen LogP contribution in [0.3, 0.4) is 0 Å². The monoisotopic (exact) mass is 551 g/mol. The summed E-state index contributed by atoms with van der Waals surface area (Å²) in [6.07, 6.45) is -0.311. The van der Waals surface area contributed by atoms with Gasteiger partial charge in [-0.05, 0) is 65.7 Å². The molecule has 3 aromatic rings. The lowest BCUT2D eigenvalue weighted by atomic mass is 10.0. The van der Waals surface area contributed by atoms with E-state index in [1.807, 2.05) is 0 Å². The van der Waals surface area contributed by atoms with Gasteiger partial charge in [0.15, 0.2) is 5.96 Å². The second-order valence-electron chi connectivity index (χ2n) is 8.94. The van der Waals surface area contributed by atoms with Crippen LogP contribution in [0, 0.1) is 0 Å². The van der Waals surface area contributed by atoms with Crippen LogP contribution >= 0.6 is 23.2 Å². The van der Waals surface area contributed by atoms with Crippen molar-refractivity contribution in [2.24, 2.45) is 4.99 Å². The van der Waals surface area contributed by atoms with E-state index in [4.69, 9.17) is 23.2 Å². The summed E-state index contributed by atoms with van der Waals surface area (Å²) in [4.78, 5) is 43.6. The molecule has 2 aliphatic heterocycles. The molecule has 194 valence electrons. The molecule has 0 aromatic heterocycles. The molecule has 0 saturated carbocycles. The summed E-state index contributed by atoms with van der Waals surface area (Å²) in [7, 11) is 0. The number of halogens is 2. The number of carboxylic acids is 1. The maximum absolute atomic E-state index is 13.4. The molecule has 0 fully saturated rings. The molecular formula is C27H23Cl2N5O4. The van der Waals surface area contributed by atoms with Crippen molar-refractivity contribution in [1.29, 1.82) is 0 Å². The summed E-state index contributed by atoms with van der Waals surface area (Å²) in [5.74, 6) is -1.02. The molecular weight excluding hydrogens is 529 g/mol. The summed E-state index contributed by atoms with van der Waals surface area (Å²) in [6.45, 7) is 1.73. The fraction of sp³-hybridized carbons (Fsp3) is 0.185. The van der Waals surface area contributed by atoms with Crippen LogP contribution in [0.2, 0.25) is 10.0 Å². The third kappa shape index (κ3) is 5.58. The van der Waals surface area contributed by atoms with Crippen LogP contribution in [-0.4, -0.2) is 46.8 Å². The summed E-state index contributed by atoms with van der Waals surface area (Å²) >= 11 is 12.3. The Hall–Kier alpha value is -4.08. The number of aliphatic imine (C=N–C) groups is 1. The molecule has 11 heteroatoms. The topological polar surface area (TPSA) is 123 Å². The predicted molar refractivity (Wildman–Crippen MR) is 146 cm³/mol. The number of fused-ring (bicyclic) bond motifs is 1. The number of benzene rings is 3. The van der Waals surface area contributed by atoms with Gasteiger partial charge in [-0.3, -0.25) is 19.4 Å². The van der Waals surface area contributed by atoms with Crippen molar-refractivity contribution in [3.8, 4) is 0 Å². The summed E-state index contributed by atoms with van der Waals surface area (Å²) in [5, 5.41) is 19.3. The Morgan fingerprint density at radius 2 is 1.74 bits per heavy atom. The lowest BCUT2D eigenvalue weighted by molar-refractivity contribution is -0.138. The van der Waals surface area contributed by atoms with Crippen LogP contribution in [0.1, 0.15) is 44.3 Å². The number of anilines is 2. The average Bonchev–Trinajstić information content (AvgIpc) is 3.50. The highest BCUT2D eigenvalue weighted by Crippen LogP contribution is 2.36. The van der Waals surface area contributed by atoms with Gasteiger partial charge in [-0.2, -0.15) is 0 Å². The van der Waals surface area contributed by atoms with E-state index in [0.29, 0.717) is 38.4 Å². The van der Waals surface area contributed by atoms with Crippen molar-refractivity contribution in [2.75, 3.05) is 23.7 Å². The lowest BCUT2D eigenvalue weighted by Gasteiger charge is -2.27. The van der Waals surface area contributed by atoms with Crippen molar-refractivity contribution in [3.63, 3.8) is 0 Å². The van der Waals surface area contributed by atoms with E-state index in [1.165, 1.54) is 4.90 Å². The lowest BCUT2D eigenvalue weighted by Crippen LogP contribution is -2.31. The highest BCUT2D eigenvalue weighted by Gasteiger charge is 2.35. The number of amides is 2. The molecule has 1 atom stereocenters. The second-order valence-corrected chi connectivity index (χ2v) is 9.81. The predicted octanol–water partition coefficient (Wildman–Crippen LogP) is 4.79. The van der Waals surface area contributed by atoms with Crippen LogP contribution in [0.4, 0.5) is 11.4 Å². The number of aliphatic carboxylic acids is 1. The first-order chi connectivity index (χ1) is 18.3. The van der Waals surface area contributed by atoms with Crippen LogP contribution < -0.4 is 16.0 Å². The van der Waals surface area contributed by atoms with E-state index in [0.717, 1.165) is 24.3 Å². The molecule has 3 aromatic carbocycles. The molecule has 38 heavy (non-hydrogen) atoms. The summed E-state index contributed by atoms with van der Waals surface area (Å²) in [6, 6.07) is 16.0. The van der Waals surface area contributed by atoms with E-state index in [2.05, 4.69) is 20.9 Å². The Labute approximate surface area is 228 Å². The minimum Gasteiger partial charge on any atom is -0.481 e. The average molecular weight is 552 g/mol. The summed E-state index contributed by atoms with van der Waals surface area (Å²) in [5.41, 5.74) is 3.37. The van der Waals surface area contributed by atoms with Gasteiger partial charge in [0.05, 0.1) is 19.0 Å². The minimum absolute atomic E-state index is 0.221. The van der Waals surface area contributed by atoms with E-state index >= 15 is 0 Å². The number of hydrogen-bond donors (Lipinski definition) is 4. The molecule has 2 aliphatic rings. The van der Waals surface area contributed by atoms with E-state index in [-0.39, 0.29) is 24.8 Å². The Morgan fingerprint density at radius 1 is 1.03 bits per heavy atom. The standard InChI is InChI=1S/C27H23Cl2N5O4/c28-18-9-17(10-19(29)11-18)23(13-24(35)36)34-14-16-3-6-21(12-22(16)26(34)38)32-25(37)15-1-4-20(5-2-15)33-27-30-7-8-31-27/h1-6,9-12,23H,7-8,13-14H2,(H,32,37)(H,35,36)(H2,30,31,33). The van der Waals surface area contributed by atoms with Crippen molar-refractivity contribution in [3.05, 3.63) is 93.0 Å². The second kappa shape index (κ2) is 10.7. The zero-order chi connectivity index (χ0) is 26.8. The minimum atomic E-state index is -1.06. The van der Waals surface area contributed by atoms with Gasteiger partial charge in [-0.1, -0.05) is 29.3 Å². The van der Waals surface area contributed by atoms with E-state index in [9.17, 15) is 19.5 Å². The molecule has 4 N–H and O–H groups in total. The van der Waals surface area contributed by atoms with Crippen molar-refractivity contribution in [2.45, 2.75) is 19.0 Å². The first-order valence-electron chi connectivity index (χ1n) is 11.9. The number of carbonyl (C=O) groups is 3. The molecule has 9 nitrogen and oxygen atoms in total. The van der Waals surface area contributed by atoms with Crippen molar-refractivity contribution >= 4 is 58.3 Å². The molecule has 0 saturated heterocycles. The van der Waals surface area contributed by atoms with Gasteiger partial charge in [0.1, 0.15) is 0 Å². The van der Waals surface area contributed by atoms with Crippen LogP contribution in [0.25, 0.3) is 0 Å². The molecule has 0 bridgehead atoms. The van der Waals surface area contributed by atoms with E-state index in [1.54, 1.807) is 60.7 Å². The maximum Gasteiger partial charge on any atom is 0.305 e. The van der Waals surface area contributed by atoms with Gasteiger partial charge < -0.3 is 26.0 Å². The number of nitrogens with zero attached hydrogens (tertiary/aromatic N) is 2. The van der Waals surface area contributed by atoms with Gasteiger partial charge in [-0.15, -0.1) is 0 Å². The molecule has 2 heterocycles. The number of nitrogens with one attached hydrogen (secondary N) is 3.